The van der Waals surface area contributed by atoms with Crippen LogP contribution in [0.25, 0.3) is 0 Å². The van der Waals surface area contributed by atoms with Gasteiger partial charge in [0, 0.05) is 27.6 Å². The summed E-state index contributed by atoms with van der Waals surface area (Å²) >= 11 is 6.16. The number of carboxylic acid groups (broad SMARTS) is 1. The molecule has 2 N–H and O–H groups in total. The standard InChI is InChI=1S/C30H37ClFNO6/c1-18-9-11-22-27(38-18)20-15-19(10-12-25(20)39-30(22,4)14-6-13-29(2,3)37)28(36)33(17-26(34)35)16-21-23(31)7-5-8-24(21)32/h5,7-8,10,12,15,18,22,27,37H,6,9,11,13-14,16-17H2,1-4H3,(H,34,35)/t18-,22-,27+,30+/m1/s1. The molecule has 212 valence electrons. The van der Waals surface area contributed by atoms with Crippen molar-refractivity contribution in [2.75, 3.05) is 6.54 Å². The highest BCUT2D eigenvalue weighted by Crippen LogP contribution is 2.52. The lowest BCUT2D eigenvalue weighted by Gasteiger charge is -2.50. The summed E-state index contributed by atoms with van der Waals surface area (Å²) in [4.78, 5) is 26.2. The molecule has 0 aliphatic carbocycles. The highest BCUT2D eigenvalue weighted by molar-refractivity contribution is 6.31. The average Bonchev–Trinajstić information content (AvgIpc) is 2.84. The summed E-state index contributed by atoms with van der Waals surface area (Å²) in [6.45, 7) is 6.81. The molecule has 1 fully saturated rings. The SMILES string of the molecule is C[C@@H]1CC[C@@H]2[C@@H](O1)c1cc(C(=O)N(CC(=O)O)Cc3c(F)cccc3Cl)ccc1O[C@@]2(C)CCCC(C)(C)O. The van der Waals surface area contributed by atoms with E-state index < -0.39 is 35.4 Å². The predicted octanol–water partition coefficient (Wildman–Crippen LogP) is 6.15. The molecule has 7 nitrogen and oxygen atoms in total. The Bertz CT molecular complexity index is 1210. The van der Waals surface area contributed by atoms with E-state index in [1.165, 1.54) is 18.2 Å². The number of aliphatic hydroxyl groups is 1. The second kappa shape index (κ2) is 11.4. The van der Waals surface area contributed by atoms with Crippen LogP contribution < -0.4 is 4.74 Å². The molecule has 4 atom stereocenters. The normalized spacial score (nSPS) is 24.3. The maximum Gasteiger partial charge on any atom is 0.323 e. The summed E-state index contributed by atoms with van der Waals surface area (Å²) in [5.41, 5.74) is -0.203. The highest BCUT2D eigenvalue weighted by atomic mass is 35.5. The molecule has 1 saturated heterocycles. The Morgan fingerprint density at radius 2 is 1.97 bits per heavy atom. The Balaban J connectivity index is 1.65. The van der Waals surface area contributed by atoms with E-state index >= 15 is 0 Å². The van der Waals surface area contributed by atoms with Crippen LogP contribution in [0.5, 0.6) is 5.75 Å². The fraction of sp³-hybridized carbons (Fsp3) is 0.533. The van der Waals surface area contributed by atoms with Gasteiger partial charge in [-0.1, -0.05) is 17.7 Å². The molecule has 2 aliphatic rings. The first-order valence-electron chi connectivity index (χ1n) is 13.4. The van der Waals surface area contributed by atoms with E-state index in [0.717, 1.165) is 36.1 Å². The van der Waals surface area contributed by atoms with Crippen LogP contribution in [0.3, 0.4) is 0 Å². The fourth-order valence-corrected chi connectivity index (χ4v) is 5.97. The number of amides is 1. The van der Waals surface area contributed by atoms with Crippen molar-refractivity contribution in [1.29, 1.82) is 0 Å². The van der Waals surface area contributed by atoms with E-state index in [1.54, 1.807) is 32.0 Å². The van der Waals surface area contributed by atoms with Gasteiger partial charge in [-0.3, -0.25) is 9.59 Å². The van der Waals surface area contributed by atoms with Crippen molar-refractivity contribution >= 4 is 23.5 Å². The topological polar surface area (TPSA) is 96.3 Å². The smallest absolute Gasteiger partial charge is 0.323 e. The summed E-state index contributed by atoms with van der Waals surface area (Å²) in [6, 6.07) is 9.21. The van der Waals surface area contributed by atoms with Crippen LogP contribution >= 0.6 is 11.6 Å². The molecule has 2 aromatic carbocycles. The van der Waals surface area contributed by atoms with Gasteiger partial charge in [-0.05, 0) is 90.1 Å². The van der Waals surface area contributed by atoms with Gasteiger partial charge in [0.15, 0.2) is 0 Å². The number of aliphatic carboxylic acids is 1. The average molecular weight is 562 g/mol. The van der Waals surface area contributed by atoms with Gasteiger partial charge in [-0.2, -0.15) is 0 Å². The number of halogens is 2. The van der Waals surface area contributed by atoms with Crippen LogP contribution in [0.4, 0.5) is 4.39 Å². The molecule has 2 aliphatic heterocycles. The largest absolute Gasteiger partial charge is 0.487 e. The molecule has 0 spiro atoms. The van der Waals surface area contributed by atoms with Crippen molar-refractivity contribution in [3.05, 3.63) is 63.9 Å². The second-order valence-corrected chi connectivity index (χ2v) is 12.0. The zero-order valence-electron chi connectivity index (χ0n) is 22.9. The first kappa shape index (κ1) is 29.3. The van der Waals surface area contributed by atoms with E-state index in [4.69, 9.17) is 21.1 Å². The number of carbonyl (C=O) groups excluding carboxylic acids is 1. The van der Waals surface area contributed by atoms with Crippen molar-refractivity contribution in [2.45, 2.75) is 89.8 Å². The molecule has 2 aromatic rings. The Morgan fingerprint density at radius 1 is 1.23 bits per heavy atom. The van der Waals surface area contributed by atoms with Gasteiger partial charge in [0.2, 0.25) is 0 Å². The van der Waals surface area contributed by atoms with Gasteiger partial charge in [0.05, 0.1) is 24.4 Å². The fourth-order valence-electron chi connectivity index (χ4n) is 5.75. The van der Waals surface area contributed by atoms with E-state index in [1.807, 2.05) is 6.92 Å². The van der Waals surface area contributed by atoms with Crippen molar-refractivity contribution < 1.29 is 33.7 Å². The molecule has 4 rings (SSSR count). The molecule has 2 heterocycles. The minimum Gasteiger partial charge on any atom is -0.487 e. The number of benzene rings is 2. The Labute approximate surface area is 233 Å². The highest BCUT2D eigenvalue weighted by Gasteiger charge is 2.49. The van der Waals surface area contributed by atoms with Crippen LogP contribution in [0.2, 0.25) is 5.02 Å². The van der Waals surface area contributed by atoms with E-state index in [-0.39, 0.29) is 40.8 Å². The Kier molecular flexibility index (Phi) is 8.59. The number of carbonyl (C=O) groups is 2. The maximum absolute atomic E-state index is 14.5. The Hall–Kier alpha value is -2.68. The minimum absolute atomic E-state index is 0.0314. The molecule has 0 unspecified atom stereocenters. The van der Waals surface area contributed by atoms with Gasteiger partial charge < -0.3 is 24.6 Å². The summed E-state index contributed by atoms with van der Waals surface area (Å²) in [6.07, 6.45) is 3.68. The third-order valence-electron chi connectivity index (χ3n) is 7.81. The second-order valence-electron chi connectivity index (χ2n) is 11.6. The number of nitrogens with zero attached hydrogens (tertiary/aromatic N) is 1. The third-order valence-corrected chi connectivity index (χ3v) is 8.16. The summed E-state index contributed by atoms with van der Waals surface area (Å²) in [7, 11) is 0. The zero-order chi connectivity index (χ0) is 28.5. The predicted molar refractivity (Wildman–Crippen MR) is 145 cm³/mol. The number of fused-ring (bicyclic) bond motifs is 3. The van der Waals surface area contributed by atoms with Crippen molar-refractivity contribution in [3.63, 3.8) is 0 Å². The molecule has 0 radical (unpaired) electrons. The van der Waals surface area contributed by atoms with Crippen LogP contribution in [0, 0.1) is 11.7 Å². The van der Waals surface area contributed by atoms with Gasteiger partial charge in [-0.15, -0.1) is 0 Å². The molecule has 0 saturated carbocycles. The van der Waals surface area contributed by atoms with Gasteiger partial charge in [0.25, 0.3) is 5.91 Å². The summed E-state index contributed by atoms with van der Waals surface area (Å²) < 4.78 is 27.5. The lowest BCUT2D eigenvalue weighted by molar-refractivity contribution is -0.153. The van der Waals surface area contributed by atoms with Crippen molar-refractivity contribution in [1.82, 2.24) is 4.90 Å². The van der Waals surface area contributed by atoms with Crippen LogP contribution in [0.15, 0.2) is 36.4 Å². The van der Waals surface area contributed by atoms with Gasteiger partial charge >= 0.3 is 5.97 Å². The van der Waals surface area contributed by atoms with Gasteiger partial charge in [-0.25, -0.2) is 4.39 Å². The van der Waals surface area contributed by atoms with Crippen LogP contribution in [0.1, 0.15) is 87.4 Å². The zero-order valence-corrected chi connectivity index (χ0v) is 23.6. The molecular formula is C30H37ClFNO6. The first-order valence-corrected chi connectivity index (χ1v) is 13.8. The molecule has 0 bridgehead atoms. The number of carboxylic acids is 1. The molecule has 39 heavy (non-hydrogen) atoms. The summed E-state index contributed by atoms with van der Waals surface area (Å²) in [5.74, 6) is -1.72. The first-order chi connectivity index (χ1) is 18.3. The van der Waals surface area contributed by atoms with E-state index in [9.17, 15) is 24.2 Å². The molecule has 9 heteroatoms. The lowest BCUT2D eigenvalue weighted by Crippen LogP contribution is -2.50. The quantitative estimate of drug-likeness (QED) is 0.381. The lowest BCUT2D eigenvalue weighted by atomic mass is 9.72. The van der Waals surface area contributed by atoms with Crippen LogP contribution in [-0.2, 0) is 16.1 Å². The Morgan fingerprint density at radius 3 is 2.64 bits per heavy atom. The molecule has 1 amide bonds. The van der Waals surface area contributed by atoms with Crippen LogP contribution in [-0.4, -0.2) is 50.8 Å². The van der Waals surface area contributed by atoms with Crippen molar-refractivity contribution in [3.8, 4) is 5.75 Å². The summed E-state index contributed by atoms with van der Waals surface area (Å²) in [5, 5.41) is 19.8. The number of hydrogen-bond donors (Lipinski definition) is 2. The van der Waals surface area contributed by atoms with Gasteiger partial charge in [0.1, 0.15) is 23.7 Å². The monoisotopic (exact) mass is 561 g/mol. The van der Waals surface area contributed by atoms with E-state index in [0.29, 0.717) is 12.2 Å². The van der Waals surface area contributed by atoms with Crippen molar-refractivity contribution in [2.24, 2.45) is 5.92 Å². The number of hydrogen-bond acceptors (Lipinski definition) is 5. The third kappa shape index (κ3) is 6.73. The number of rotatable bonds is 9. The van der Waals surface area contributed by atoms with E-state index in [2.05, 4.69) is 6.92 Å². The number of ether oxygens (including phenoxy) is 2. The molecule has 0 aromatic heterocycles. The maximum atomic E-state index is 14.5. The molecular weight excluding hydrogens is 525 g/mol. The minimum atomic E-state index is -1.22.